The van der Waals surface area contributed by atoms with Crippen molar-refractivity contribution < 1.29 is 4.74 Å². The van der Waals surface area contributed by atoms with Crippen molar-refractivity contribution in [2.75, 3.05) is 20.3 Å². The van der Waals surface area contributed by atoms with Crippen LogP contribution in [0.2, 0.25) is 0 Å². The third kappa shape index (κ3) is 3.61. The number of aromatic nitrogens is 2. The Morgan fingerprint density at radius 2 is 2.12 bits per heavy atom. The van der Waals surface area contributed by atoms with Gasteiger partial charge in [0.25, 0.3) is 0 Å². The maximum Gasteiger partial charge on any atom is 0.102 e. The minimum atomic E-state index is -0.0557. The van der Waals surface area contributed by atoms with E-state index in [0.29, 0.717) is 23.5 Å². The summed E-state index contributed by atoms with van der Waals surface area (Å²) in [5.41, 5.74) is 2.39. The van der Waals surface area contributed by atoms with Gasteiger partial charge in [0.15, 0.2) is 0 Å². The van der Waals surface area contributed by atoms with Crippen molar-refractivity contribution in [1.29, 1.82) is 5.26 Å². The summed E-state index contributed by atoms with van der Waals surface area (Å²) in [6.07, 6.45) is 9.92. The quantitative estimate of drug-likeness (QED) is 0.834. The first-order valence-corrected chi connectivity index (χ1v) is 9.23. The van der Waals surface area contributed by atoms with Crippen molar-refractivity contribution in [1.82, 2.24) is 15.3 Å². The number of hydrogen-bond acceptors (Lipinski definition) is 5. The van der Waals surface area contributed by atoms with E-state index in [4.69, 9.17) is 4.74 Å². The van der Waals surface area contributed by atoms with Crippen LogP contribution in [0, 0.1) is 23.2 Å². The van der Waals surface area contributed by atoms with Crippen LogP contribution in [0.4, 0.5) is 0 Å². The average Bonchev–Trinajstić information content (AvgIpc) is 2.62. The van der Waals surface area contributed by atoms with Crippen LogP contribution < -0.4 is 5.32 Å². The molecule has 5 heteroatoms. The Kier molecular flexibility index (Phi) is 5.51. The molecular formula is C20H28N4O. The second-order valence-corrected chi connectivity index (χ2v) is 7.76. The lowest BCUT2D eigenvalue weighted by atomic mass is 9.61. The molecule has 1 saturated carbocycles. The second kappa shape index (κ2) is 7.63. The van der Waals surface area contributed by atoms with Crippen molar-refractivity contribution >= 4 is 5.57 Å². The monoisotopic (exact) mass is 340 g/mol. The van der Waals surface area contributed by atoms with E-state index >= 15 is 0 Å². The van der Waals surface area contributed by atoms with Crippen LogP contribution >= 0.6 is 0 Å². The Morgan fingerprint density at radius 1 is 1.32 bits per heavy atom. The number of methoxy groups -OCH3 is 1. The van der Waals surface area contributed by atoms with Crippen LogP contribution in [0.5, 0.6) is 0 Å². The van der Waals surface area contributed by atoms with Gasteiger partial charge in [0.2, 0.25) is 0 Å². The first-order valence-electron chi connectivity index (χ1n) is 9.23. The Hall–Kier alpha value is -1.77. The number of hydrogen-bond donors (Lipinski definition) is 1. The van der Waals surface area contributed by atoms with Crippen LogP contribution in [0.1, 0.15) is 50.9 Å². The fraction of sp³-hybridized carbons (Fsp3) is 0.650. The summed E-state index contributed by atoms with van der Waals surface area (Å²) in [4.78, 5) is 9.15. The van der Waals surface area contributed by atoms with E-state index in [-0.39, 0.29) is 5.41 Å². The molecule has 0 aliphatic heterocycles. The van der Waals surface area contributed by atoms with Crippen molar-refractivity contribution in [3.8, 4) is 6.07 Å². The third-order valence-electron chi connectivity index (χ3n) is 5.93. The lowest BCUT2D eigenvalue weighted by Gasteiger charge is -2.45. The lowest BCUT2D eigenvalue weighted by molar-refractivity contribution is 0.136. The van der Waals surface area contributed by atoms with E-state index in [0.717, 1.165) is 37.4 Å². The van der Waals surface area contributed by atoms with Crippen LogP contribution in [0.3, 0.4) is 0 Å². The standard InChI is InChI=1S/C20H28N4O/c1-14-10-16(12-17(11-14)22-8-9-25-3)20(2)5-4-15(13-21)18-19(20)24-7-6-23-18/h4,6-7,14,16-17,22H,5,8-12H2,1-3H3/t14-,16+,17-,20?/m1/s1. The molecule has 0 radical (unpaired) electrons. The normalized spacial score (nSPS) is 31.8. The molecule has 0 saturated heterocycles. The number of nitrogens with one attached hydrogen (secondary N) is 1. The van der Waals surface area contributed by atoms with E-state index in [2.05, 4.69) is 41.3 Å². The molecule has 2 aliphatic carbocycles. The topological polar surface area (TPSA) is 70.8 Å². The number of ether oxygens (including phenoxy) is 1. The minimum Gasteiger partial charge on any atom is -0.383 e. The lowest BCUT2D eigenvalue weighted by Crippen LogP contribution is -2.45. The molecule has 134 valence electrons. The molecule has 0 spiro atoms. The average molecular weight is 340 g/mol. The molecule has 1 aromatic heterocycles. The summed E-state index contributed by atoms with van der Waals surface area (Å²) in [6.45, 7) is 6.29. The van der Waals surface area contributed by atoms with Crippen LogP contribution in [-0.2, 0) is 10.2 Å². The number of fused-ring (bicyclic) bond motifs is 1. The predicted molar refractivity (Wildman–Crippen MR) is 97.8 cm³/mol. The Balaban J connectivity index is 1.85. The van der Waals surface area contributed by atoms with Gasteiger partial charge in [-0.3, -0.25) is 9.97 Å². The fourth-order valence-electron chi connectivity index (χ4n) is 4.57. The minimum absolute atomic E-state index is 0.0557. The molecular weight excluding hydrogens is 312 g/mol. The summed E-state index contributed by atoms with van der Waals surface area (Å²) < 4.78 is 5.17. The van der Waals surface area contributed by atoms with Crippen molar-refractivity contribution in [3.63, 3.8) is 0 Å². The Bertz CT molecular complexity index is 681. The largest absolute Gasteiger partial charge is 0.383 e. The molecule has 5 nitrogen and oxygen atoms in total. The molecule has 1 heterocycles. The SMILES string of the molecule is COCCN[C@@H]1C[C@H](C)C[C@H](C2(C)CC=C(C#N)c3nccnc32)C1. The highest BCUT2D eigenvalue weighted by Gasteiger charge is 2.44. The number of allylic oxidation sites excluding steroid dienone is 2. The van der Waals surface area contributed by atoms with Gasteiger partial charge in [-0.25, -0.2) is 0 Å². The molecule has 1 N–H and O–H groups in total. The zero-order valence-electron chi connectivity index (χ0n) is 15.5. The summed E-state index contributed by atoms with van der Waals surface area (Å²) >= 11 is 0. The van der Waals surface area contributed by atoms with Crippen molar-refractivity contribution in [2.24, 2.45) is 11.8 Å². The maximum absolute atomic E-state index is 9.42. The molecule has 25 heavy (non-hydrogen) atoms. The van der Waals surface area contributed by atoms with Gasteiger partial charge in [-0.05, 0) is 37.5 Å². The predicted octanol–water partition coefficient (Wildman–Crippen LogP) is 3.09. The van der Waals surface area contributed by atoms with E-state index in [1.165, 1.54) is 12.8 Å². The van der Waals surface area contributed by atoms with Crippen molar-refractivity contribution in [3.05, 3.63) is 29.9 Å². The molecule has 0 bridgehead atoms. The molecule has 3 rings (SSSR count). The number of nitriles is 1. The molecule has 1 unspecified atom stereocenters. The number of nitrogens with zero attached hydrogens (tertiary/aromatic N) is 3. The summed E-state index contributed by atoms with van der Waals surface area (Å²) in [7, 11) is 1.74. The van der Waals surface area contributed by atoms with E-state index in [1.807, 2.05) is 0 Å². The van der Waals surface area contributed by atoms with Crippen LogP contribution in [0.25, 0.3) is 5.57 Å². The van der Waals surface area contributed by atoms with Gasteiger partial charge < -0.3 is 10.1 Å². The summed E-state index contributed by atoms with van der Waals surface area (Å²) in [5.74, 6) is 1.21. The van der Waals surface area contributed by atoms with E-state index in [1.54, 1.807) is 19.5 Å². The van der Waals surface area contributed by atoms with Gasteiger partial charge in [-0.1, -0.05) is 19.9 Å². The van der Waals surface area contributed by atoms with Crippen LogP contribution in [-0.4, -0.2) is 36.3 Å². The number of rotatable bonds is 5. The zero-order valence-corrected chi connectivity index (χ0v) is 15.5. The highest BCUT2D eigenvalue weighted by atomic mass is 16.5. The maximum atomic E-state index is 9.42. The highest BCUT2D eigenvalue weighted by molar-refractivity contribution is 5.78. The van der Waals surface area contributed by atoms with Gasteiger partial charge in [0.1, 0.15) is 11.8 Å². The van der Waals surface area contributed by atoms with Crippen molar-refractivity contribution in [2.45, 2.75) is 51.0 Å². The van der Waals surface area contributed by atoms with Gasteiger partial charge in [0, 0.05) is 37.5 Å². The Labute approximate surface area is 150 Å². The first kappa shape index (κ1) is 18.0. The van der Waals surface area contributed by atoms with Crippen LogP contribution in [0.15, 0.2) is 18.5 Å². The van der Waals surface area contributed by atoms with Gasteiger partial charge >= 0.3 is 0 Å². The fourth-order valence-corrected chi connectivity index (χ4v) is 4.57. The molecule has 4 atom stereocenters. The highest BCUT2D eigenvalue weighted by Crippen LogP contribution is 2.48. The molecule has 2 aliphatic rings. The van der Waals surface area contributed by atoms with E-state index in [9.17, 15) is 5.26 Å². The van der Waals surface area contributed by atoms with Gasteiger partial charge in [0.05, 0.1) is 17.9 Å². The molecule has 1 aromatic rings. The third-order valence-corrected chi connectivity index (χ3v) is 5.93. The molecule has 0 amide bonds. The van der Waals surface area contributed by atoms with Gasteiger partial charge in [-0.15, -0.1) is 0 Å². The van der Waals surface area contributed by atoms with E-state index < -0.39 is 0 Å². The first-order chi connectivity index (χ1) is 12.1. The smallest absolute Gasteiger partial charge is 0.102 e. The Morgan fingerprint density at radius 3 is 2.88 bits per heavy atom. The molecule has 0 aromatic carbocycles. The molecule has 1 fully saturated rings. The summed E-state index contributed by atoms with van der Waals surface area (Å²) in [6, 6.07) is 2.80. The van der Waals surface area contributed by atoms with Gasteiger partial charge in [-0.2, -0.15) is 5.26 Å². The summed E-state index contributed by atoms with van der Waals surface area (Å²) in [5, 5.41) is 13.1. The zero-order chi connectivity index (χ0) is 17.9. The second-order valence-electron chi connectivity index (χ2n) is 7.76.